The fourth-order valence-electron chi connectivity index (χ4n) is 1.67. The first-order valence-electron chi connectivity index (χ1n) is 8.81. The number of phosphoric acid groups is 1. The summed E-state index contributed by atoms with van der Waals surface area (Å²) >= 11 is 0. The van der Waals surface area contributed by atoms with Gasteiger partial charge in [-0.15, -0.1) is 0 Å². The van der Waals surface area contributed by atoms with Crippen LogP contribution in [0.5, 0.6) is 0 Å². The van der Waals surface area contributed by atoms with Crippen LogP contribution in [-0.2, 0) is 32.7 Å². The average Bonchev–Trinajstić information content (AvgIpc) is 2.63. The number of hydrogen-bond acceptors (Lipinski definition) is 8. The number of carbonyl (C=O) groups excluding carboxylic acids is 2. The Hall–Kier alpha value is -1.51. The molecule has 0 fully saturated rings. The Bertz CT molecular complexity index is 535. The summed E-state index contributed by atoms with van der Waals surface area (Å²) < 4.78 is 31.2. The van der Waals surface area contributed by atoms with Gasteiger partial charge in [0.15, 0.2) is 6.10 Å². The first-order valence-corrected chi connectivity index (χ1v) is 10.3. The number of phosphoric ester groups is 1. The molecule has 27 heavy (non-hydrogen) atoms. The normalized spacial score (nSPS) is 15.0. The Kier molecular flexibility index (Phi) is 14.7. The number of esters is 2. The van der Waals surface area contributed by atoms with Crippen LogP contribution in [0.2, 0.25) is 0 Å². The van der Waals surface area contributed by atoms with E-state index in [1.54, 1.807) is 18.2 Å². The number of ether oxygens (including phenoxy) is 2. The maximum atomic E-state index is 11.8. The molecule has 0 heterocycles. The van der Waals surface area contributed by atoms with Gasteiger partial charge in [0, 0.05) is 6.54 Å². The van der Waals surface area contributed by atoms with E-state index in [4.69, 9.17) is 19.7 Å². The van der Waals surface area contributed by atoms with Crippen molar-refractivity contribution in [1.82, 2.24) is 0 Å². The number of hydrogen-bond donors (Lipinski definition) is 2. The zero-order valence-electron chi connectivity index (χ0n) is 15.9. The molecule has 0 radical (unpaired) electrons. The predicted molar refractivity (Wildman–Crippen MR) is 99.7 cm³/mol. The van der Waals surface area contributed by atoms with Crippen molar-refractivity contribution in [2.75, 3.05) is 26.4 Å². The van der Waals surface area contributed by atoms with Gasteiger partial charge in [-0.05, 0) is 12.8 Å². The molecular formula is C17H30NO8P. The van der Waals surface area contributed by atoms with E-state index in [0.717, 1.165) is 12.8 Å². The molecule has 156 valence electrons. The Morgan fingerprint density at radius 2 is 1.59 bits per heavy atom. The Balaban J connectivity index is 4.66. The van der Waals surface area contributed by atoms with E-state index in [1.165, 1.54) is 0 Å². The summed E-state index contributed by atoms with van der Waals surface area (Å²) in [5, 5.41) is 0. The standard InChI is InChI=1S/C17H30NO8P/c1-3-5-7-9-16(19)23-13-15(26-17(20)10-8-6-4-2)14-25-27(21,22)24-12-11-18/h5-8,15H,3-4,9-14,18H2,1-2H3,(H,21,22)/b7-5-,8-6-. The molecule has 0 bridgehead atoms. The molecule has 0 saturated heterocycles. The molecule has 0 aliphatic carbocycles. The van der Waals surface area contributed by atoms with Crippen LogP contribution in [0.3, 0.4) is 0 Å². The van der Waals surface area contributed by atoms with Crippen LogP contribution in [0, 0.1) is 0 Å². The largest absolute Gasteiger partial charge is 0.472 e. The number of carbonyl (C=O) groups is 2. The third-order valence-corrected chi connectivity index (χ3v) is 3.88. The summed E-state index contributed by atoms with van der Waals surface area (Å²) in [5.74, 6) is -1.09. The lowest BCUT2D eigenvalue weighted by Crippen LogP contribution is -2.29. The van der Waals surface area contributed by atoms with Crippen molar-refractivity contribution in [2.24, 2.45) is 5.73 Å². The molecule has 0 aliphatic heterocycles. The van der Waals surface area contributed by atoms with Crippen molar-refractivity contribution in [1.29, 1.82) is 0 Å². The maximum Gasteiger partial charge on any atom is 0.472 e. The average molecular weight is 407 g/mol. The molecule has 0 spiro atoms. The second-order valence-corrected chi connectivity index (χ2v) is 6.80. The lowest BCUT2D eigenvalue weighted by molar-refractivity contribution is -0.160. The molecular weight excluding hydrogens is 377 g/mol. The van der Waals surface area contributed by atoms with Gasteiger partial charge in [0.25, 0.3) is 0 Å². The lowest BCUT2D eigenvalue weighted by atomic mass is 10.3. The van der Waals surface area contributed by atoms with E-state index in [9.17, 15) is 19.0 Å². The minimum absolute atomic E-state index is 0.0258. The zero-order valence-corrected chi connectivity index (χ0v) is 16.8. The van der Waals surface area contributed by atoms with Gasteiger partial charge in [0.2, 0.25) is 0 Å². The molecule has 2 atom stereocenters. The van der Waals surface area contributed by atoms with Gasteiger partial charge >= 0.3 is 19.8 Å². The van der Waals surface area contributed by atoms with E-state index in [0.29, 0.717) is 0 Å². The molecule has 0 aromatic heterocycles. The van der Waals surface area contributed by atoms with Gasteiger partial charge in [-0.2, -0.15) is 0 Å². The molecule has 0 aromatic carbocycles. The smallest absolute Gasteiger partial charge is 0.461 e. The molecule has 3 N–H and O–H groups in total. The molecule has 0 saturated carbocycles. The van der Waals surface area contributed by atoms with Crippen molar-refractivity contribution >= 4 is 19.8 Å². The monoisotopic (exact) mass is 407 g/mol. The van der Waals surface area contributed by atoms with E-state index in [1.807, 2.05) is 19.9 Å². The van der Waals surface area contributed by atoms with Crippen LogP contribution < -0.4 is 5.73 Å². The highest BCUT2D eigenvalue weighted by Gasteiger charge is 2.25. The van der Waals surface area contributed by atoms with Gasteiger partial charge in [0.1, 0.15) is 6.61 Å². The van der Waals surface area contributed by atoms with E-state index in [-0.39, 0.29) is 32.6 Å². The third-order valence-electron chi connectivity index (χ3n) is 2.90. The van der Waals surface area contributed by atoms with Crippen LogP contribution in [0.25, 0.3) is 0 Å². The van der Waals surface area contributed by atoms with Crippen LogP contribution in [0.4, 0.5) is 0 Å². The van der Waals surface area contributed by atoms with Gasteiger partial charge in [-0.25, -0.2) is 4.57 Å². The Morgan fingerprint density at radius 1 is 1.00 bits per heavy atom. The van der Waals surface area contributed by atoms with Crippen molar-refractivity contribution in [3.05, 3.63) is 24.3 Å². The zero-order chi connectivity index (χ0) is 20.5. The van der Waals surface area contributed by atoms with E-state index < -0.39 is 32.5 Å². The molecule has 0 rings (SSSR count). The van der Waals surface area contributed by atoms with E-state index >= 15 is 0 Å². The van der Waals surface area contributed by atoms with Crippen LogP contribution in [0.15, 0.2) is 24.3 Å². The van der Waals surface area contributed by atoms with Crippen molar-refractivity contribution in [3.8, 4) is 0 Å². The van der Waals surface area contributed by atoms with Crippen molar-refractivity contribution < 1.29 is 37.6 Å². The minimum atomic E-state index is -4.34. The van der Waals surface area contributed by atoms with Gasteiger partial charge in [-0.1, -0.05) is 38.2 Å². The predicted octanol–water partition coefficient (Wildman–Crippen LogP) is 2.25. The quantitative estimate of drug-likeness (QED) is 0.238. The lowest BCUT2D eigenvalue weighted by Gasteiger charge is -2.19. The Morgan fingerprint density at radius 3 is 2.15 bits per heavy atom. The Labute approximate surface area is 160 Å². The summed E-state index contributed by atoms with van der Waals surface area (Å²) in [6.07, 6.45) is 7.55. The summed E-state index contributed by atoms with van der Waals surface area (Å²) in [4.78, 5) is 33.0. The second kappa shape index (κ2) is 15.5. The molecule has 0 aliphatic rings. The highest BCUT2D eigenvalue weighted by atomic mass is 31.2. The number of nitrogens with two attached hydrogens (primary N) is 1. The summed E-state index contributed by atoms with van der Waals surface area (Å²) in [6, 6.07) is 0. The maximum absolute atomic E-state index is 11.8. The molecule has 0 aromatic rings. The topological polar surface area (TPSA) is 134 Å². The van der Waals surface area contributed by atoms with Crippen molar-refractivity contribution in [2.45, 2.75) is 45.6 Å². The molecule has 10 heteroatoms. The highest BCUT2D eigenvalue weighted by molar-refractivity contribution is 7.47. The molecule has 2 unspecified atom stereocenters. The SMILES string of the molecule is CC/C=C\CC(=O)OCC(COP(=O)(O)OCCN)OC(=O)C/C=C\CC. The van der Waals surface area contributed by atoms with Crippen molar-refractivity contribution in [3.63, 3.8) is 0 Å². The fraction of sp³-hybridized carbons (Fsp3) is 0.647. The number of rotatable bonds is 15. The van der Waals surface area contributed by atoms with Gasteiger partial charge in [-0.3, -0.25) is 18.6 Å². The molecule has 0 amide bonds. The second-order valence-electron chi connectivity index (χ2n) is 5.35. The summed E-state index contributed by atoms with van der Waals surface area (Å²) in [6.45, 7) is 2.95. The first kappa shape index (κ1) is 25.5. The van der Waals surface area contributed by atoms with Gasteiger partial charge in [0.05, 0.1) is 26.1 Å². The van der Waals surface area contributed by atoms with Crippen LogP contribution >= 0.6 is 7.82 Å². The third kappa shape index (κ3) is 15.3. The van der Waals surface area contributed by atoms with Crippen LogP contribution in [-0.4, -0.2) is 49.3 Å². The minimum Gasteiger partial charge on any atom is -0.461 e. The highest BCUT2D eigenvalue weighted by Crippen LogP contribution is 2.43. The first-order chi connectivity index (χ1) is 12.8. The summed E-state index contributed by atoms with van der Waals surface area (Å²) in [7, 11) is -4.34. The van der Waals surface area contributed by atoms with Gasteiger partial charge < -0.3 is 20.1 Å². The summed E-state index contributed by atoms with van der Waals surface area (Å²) in [5.41, 5.74) is 5.19. The molecule has 9 nitrogen and oxygen atoms in total. The number of allylic oxidation sites excluding steroid dienone is 2. The van der Waals surface area contributed by atoms with Crippen LogP contribution in [0.1, 0.15) is 39.5 Å². The van der Waals surface area contributed by atoms with E-state index in [2.05, 4.69) is 4.52 Å². The fourth-order valence-corrected chi connectivity index (χ4v) is 2.44.